The third-order valence-corrected chi connectivity index (χ3v) is 6.92. The van der Waals surface area contributed by atoms with E-state index in [0.29, 0.717) is 5.56 Å². The van der Waals surface area contributed by atoms with Gasteiger partial charge in [0.1, 0.15) is 0 Å². The van der Waals surface area contributed by atoms with Gasteiger partial charge in [0.2, 0.25) is 0 Å². The van der Waals surface area contributed by atoms with Crippen molar-refractivity contribution in [1.82, 2.24) is 0 Å². The fourth-order valence-corrected chi connectivity index (χ4v) is 5.00. The summed E-state index contributed by atoms with van der Waals surface area (Å²) in [5.41, 5.74) is 7.00. The first-order valence-corrected chi connectivity index (χ1v) is 12.3. The second kappa shape index (κ2) is 9.65. The van der Waals surface area contributed by atoms with Crippen LogP contribution in [0.1, 0.15) is 52.4 Å². The van der Waals surface area contributed by atoms with Crippen molar-refractivity contribution in [3.63, 3.8) is 0 Å². The zero-order valence-corrected chi connectivity index (χ0v) is 22.1. The van der Waals surface area contributed by atoms with Crippen LogP contribution in [0.15, 0.2) is 60.7 Å². The van der Waals surface area contributed by atoms with E-state index < -0.39 is 5.60 Å². The Labute approximate surface area is 209 Å². The zero-order valence-electron chi connectivity index (χ0n) is 22.1. The Kier molecular flexibility index (Phi) is 6.79. The summed E-state index contributed by atoms with van der Waals surface area (Å²) < 4.78 is 6.51. The van der Waals surface area contributed by atoms with Crippen molar-refractivity contribution in [2.75, 3.05) is 57.0 Å². The lowest BCUT2D eigenvalue weighted by Gasteiger charge is -2.36. The third-order valence-electron chi connectivity index (χ3n) is 6.92. The Hall–Kier alpha value is -3.47. The maximum atomic E-state index is 13.3. The lowest BCUT2D eigenvalue weighted by atomic mass is 9.76. The highest BCUT2D eigenvalue weighted by Gasteiger charge is 2.50. The van der Waals surface area contributed by atoms with Crippen molar-refractivity contribution < 1.29 is 9.53 Å². The number of cyclic esters (lactones) is 1. The quantitative estimate of drug-likeness (QED) is 0.395. The van der Waals surface area contributed by atoms with Crippen LogP contribution < -0.4 is 14.7 Å². The number of ether oxygens (including phenoxy) is 1. The molecule has 0 N–H and O–H groups in total. The lowest BCUT2D eigenvalue weighted by molar-refractivity contribution is 0.0250. The number of aryl methyl sites for hydroxylation is 1. The molecule has 0 spiro atoms. The van der Waals surface area contributed by atoms with Crippen LogP contribution in [0.3, 0.4) is 0 Å². The Bertz CT molecular complexity index is 1230. The number of rotatable bonds is 8. The van der Waals surface area contributed by atoms with Crippen LogP contribution in [-0.4, -0.2) is 48.3 Å². The van der Waals surface area contributed by atoms with Crippen molar-refractivity contribution in [3.8, 4) is 0 Å². The molecule has 0 radical (unpaired) electrons. The van der Waals surface area contributed by atoms with E-state index in [-0.39, 0.29) is 5.97 Å². The van der Waals surface area contributed by atoms with Gasteiger partial charge in [-0.1, -0.05) is 43.7 Å². The first-order valence-electron chi connectivity index (χ1n) is 12.3. The molecule has 1 aliphatic rings. The number of fused-ring (bicyclic) bond motifs is 1. The average molecular weight is 472 g/mol. The van der Waals surface area contributed by atoms with Gasteiger partial charge in [-0.15, -0.1) is 0 Å². The molecule has 0 aromatic heterocycles. The van der Waals surface area contributed by atoms with E-state index in [2.05, 4.69) is 72.1 Å². The highest BCUT2D eigenvalue weighted by molar-refractivity contribution is 5.97. The Balaban J connectivity index is 2.09. The number of esters is 1. The smallest absolute Gasteiger partial charge is 0.340 e. The third kappa shape index (κ3) is 4.24. The highest BCUT2D eigenvalue weighted by Crippen LogP contribution is 2.51. The molecule has 1 unspecified atom stereocenters. The molecule has 1 heterocycles. The van der Waals surface area contributed by atoms with Crippen molar-refractivity contribution in [1.29, 1.82) is 0 Å². The minimum atomic E-state index is -1.02. The summed E-state index contributed by atoms with van der Waals surface area (Å²) >= 11 is 0. The standard InChI is InChI=1S/C30H37N3O2/c1-8-9-12-21-19-22(31(2)3)15-17-25(21)30(26-14-11-10-13-24(26)29(34)35-30)27-18-16-23(32(4)5)20-28(27)33(6)7/h10-11,13-20H,8-9,12H2,1-7H3. The summed E-state index contributed by atoms with van der Waals surface area (Å²) in [6.07, 6.45) is 3.08. The van der Waals surface area contributed by atoms with Gasteiger partial charge in [0.05, 0.1) is 5.56 Å². The zero-order chi connectivity index (χ0) is 25.3. The molecule has 184 valence electrons. The van der Waals surface area contributed by atoms with Crippen LogP contribution >= 0.6 is 0 Å². The van der Waals surface area contributed by atoms with Gasteiger partial charge >= 0.3 is 5.97 Å². The number of unbranched alkanes of at least 4 members (excludes halogenated alkanes) is 1. The summed E-state index contributed by atoms with van der Waals surface area (Å²) in [4.78, 5) is 19.7. The van der Waals surface area contributed by atoms with Gasteiger partial charge < -0.3 is 19.4 Å². The second-order valence-electron chi connectivity index (χ2n) is 9.95. The first-order chi connectivity index (χ1) is 16.7. The van der Waals surface area contributed by atoms with Crippen molar-refractivity contribution in [2.24, 2.45) is 0 Å². The normalized spacial score (nSPS) is 16.6. The van der Waals surface area contributed by atoms with E-state index in [1.165, 1.54) is 5.56 Å². The molecule has 0 bridgehead atoms. The molecule has 0 saturated carbocycles. The fraction of sp³-hybridized carbons (Fsp3) is 0.367. The highest BCUT2D eigenvalue weighted by atomic mass is 16.6. The summed E-state index contributed by atoms with van der Waals surface area (Å²) in [7, 11) is 12.3. The Morgan fingerprint density at radius 1 is 0.743 bits per heavy atom. The van der Waals surface area contributed by atoms with E-state index in [1.807, 2.05) is 52.5 Å². The summed E-state index contributed by atoms with van der Waals surface area (Å²) in [6.45, 7) is 2.21. The van der Waals surface area contributed by atoms with Crippen molar-refractivity contribution in [2.45, 2.75) is 31.8 Å². The molecule has 0 fully saturated rings. The average Bonchev–Trinajstić information content (AvgIpc) is 3.15. The number of carbonyl (C=O) groups excluding carboxylic acids is 1. The maximum absolute atomic E-state index is 13.3. The predicted molar refractivity (Wildman–Crippen MR) is 146 cm³/mol. The van der Waals surface area contributed by atoms with Gasteiger partial charge in [-0.2, -0.15) is 0 Å². The number of carbonyl (C=O) groups is 1. The molecular weight excluding hydrogens is 434 g/mol. The SMILES string of the molecule is CCCCc1cc(N(C)C)ccc1C1(c2ccc(N(C)C)cc2N(C)C)OC(=O)c2ccccc21. The summed E-state index contributed by atoms with van der Waals surface area (Å²) in [5, 5.41) is 0. The minimum Gasteiger partial charge on any atom is -0.440 e. The van der Waals surface area contributed by atoms with E-state index in [0.717, 1.165) is 53.0 Å². The van der Waals surface area contributed by atoms with Crippen LogP contribution in [0.5, 0.6) is 0 Å². The van der Waals surface area contributed by atoms with Crippen molar-refractivity contribution >= 4 is 23.0 Å². The van der Waals surface area contributed by atoms with Gasteiger partial charge in [0.15, 0.2) is 5.60 Å². The molecule has 35 heavy (non-hydrogen) atoms. The Morgan fingerprint density at radius 3 is 2.00 bits per heavy atom. The molecule has 1 atom stereocenters. The van der Waals surface area contributed by atoms with Crippen LogP contribution in [0.25, 0.3) is 0 Å². The van der Waals surface area contributed by atoms with Gasteiger partial charge in [0.25, 0.3) is 0 Å². The minimum absolute atomic E-state index is 0.278. The molecule has 5 heteroatoms. The molecule has 0 amide bonds. The monoisotopic (exact) mass is 471 g/mol. The van der Waals surface area contributed by atoms with Crippen LogP contribution in [0.4, 0.5) is 17.1 Å². The van der Waals surface area contributed by atoms with E-state index in [9.17, 15) is 4.79 Å². The largest absolute Gasteiger partial charge is 0.440 e. The summed E-state index contributed by atoms with van der Waals surface area (Å²) in [6, 6.07) is 20.8. The number of benzene rings is 3. The molecule has 4 rings (SSSR count). The first kappa shape index (κ1) is 24.6. The topological polar surface area (TPSA) is 36.0 Å². The van der Waals surface area contributed by atoms with E-state index in [4.69, 9.17) is 4.74 Å². The van der Waals surface area contributed by atoms with Crippen LogP contribution in [0, 0.1) is 0 Å². The van der Waals surface area contributed by atoms with E-state index in [1.54, 1.807) is 0 Å². The van der Waals surface area contributed by atoms with Crippen LogP contribution in [0.2, 0.25) is 0 Å². The predicted octanol–water partition coefficient (Wildman–Crippen LogP) is 5.69. The van der Waals surface area contributed by atoms with Crippen molar-refractivity contribution in [3.05, 3.63) is 88.5 Å². The molecule has 0 saturated heterocycles. The number of nitrogens with zero attached hydrogens (tertiary/aromatic N) is 3. The molecule has 0 aliphatic carbocycles. The number of anilines is 3. The van der Waals surface area contributed by atoms with Crippen LogP contribution in [-0.2, 0) is 16.8 Å². The number of hydrogen-bond donors (Lipinski definition) is 0. The number of hydrogen-bond acceptors (Lipinski definition) is 5. The Morgan fingerprint density at radius 2 is 1.37 bits per heavy atom. The van der Waals surface area contributed by atoms with Gasteiger partial charge in [-0.25, -0.2) is 4.79 Å². The van der Waals surface area contributed by atoms with Gasteiger partial charge in [-0.3, -0.25) is 0 Å². The lowest BCUT2D eigenvalue weighted by Crippen LogP contribution is -2.33. The molecule has 3 aromatic carbocycles. The second-order valence-corrected chi connectivity index (χ2v) is 9.95. The molecule has 5 nitrogen and oxygen atoms in total. The fourth-order valence-electron chi connectivity index (χ4n) is 5.00. The van der Waals surface area contributed by atoms with E-state index >= 15 is 0 Å². The maximum Gasteiger partial charge on any atom is 0.340 e. The molecule has 3 aromatic rings. The van der Waals surface area contributed by atoms with Gasteiger partial charge in [0, 0.05) is 76.0 Å². The molecule has 1 aliphatic heterocycles. The van der Waals surface area contributed by atoms with Gasteiger partial charge in [-0.05, 0) is 48.7 Å². The molecular formula is C30H37N3O2. The summed E-state index contributed by atoms with van der Waals surface area (Å²) in [5.74, 6) is -0.278.